The van der Waals surface area contributed by atoms with E-state index in [0.717, 1.165) is 26.1 Å². The molecule has 0 aliphatic heterocycles. The summed E-state index contributed by atoms with van der Waals surface area (Å²) < 4.78 is 4.83. The maximum Gasteiger partial charge on any atom is 0.0437 e. The van der Waals surface area contributed by atoms with Crippen LogP contribution < -0.4 is 0 Å². The Hall–Kier alpha value is 0.474. The molecule has 0 rings (SSSR count). The maximum absolute atomic E-state index is 8.09. The van der Waals surface area contributed by atoms with Crippen molar-refractivity contribution in [1.82, 2.24) is 0 Å². The first-order valence-electron chi connectivity index (χ1n) is 4.12. The van der Waals surface area contributed by atoms with Crippen LogP contribution in [0.3, 0.4) is 0 Å². The van der Waals surface area contributed by atoms with Gasteiger partial charge in [-0.1, -0.05) is 0 Å². The molecule has 0 fully saturated rings. The van der Waals surface area contributed by atoms with Gasteiger partial charge in [0.25, 0.3) is 0 Å². The molecule has 15 heavy (non-hydrogen) atoms. The van der Waals surface area contributed by atoms with E-state index in [1.807, 2.05) is 13.8 Å². The zero-order valence-corrected chi connectivity index (χ0v) is 11.1. The molecule has 8 N–H and O–H groups in total. The summed E-state index contributed by atoms with van der Waals surface area (Å²) in [4.78, 5) is 0. The molecule has 0 aliphatic rings. The molecule has 0 atom stereocenters. The first-order valence-corrected chi connectivity index (χ1v) is 4.12. The van der Waals surface area contributed by atoms with Gasteiger partial charge in [0.15, 0.2) is 0 Å². The summed E-state index contributed by atoms with van der Waals surface area (Å²) in [5.74, 6) is 0. The number of aliphatic hydroxyl groups excluding tert-OH is 2. The van der Waals surface area contributed by atoms with Crippen LogP contribution in [0.5, 0.6) is 0 Å². The van der Waals surface area contributed by atoms with E-state index >= 15 is 0 Å². The van der Waals surface area contributed by atoms with Crippen LogP contribution >= 0.6 is 0 Å². The summed E-state index contributed by atoms with van der Waals surface area (Å²) in [5.41, 5.74) is 0. The Kier molecular flexibility index (Phi) is 113. The smallest absolute Gasteiger partial charge is 0.0437 e. The topological polar surface area (TPSA) is 144 Å². The van der Waals surface area contributed by atoms with Crippen LogP contribution in [0.2, 0.25) is 0 Å². The van der Waals surface area contributed by atoms with Crippen molar-refractivity contribution in [2.45, 2.75) is 26.7 Å². The van der Waals surface area contributed by atoms with Gasteiger partial charge in [0.2, 0.25) is 0 Å². The van der Waals surface area contributed by atoms with Gasteiger partial charge in [-0.2, -0.15) is 0 Å². The Morgan fingerprint density at radius 2 is 1.07 bits per heavy atom. The molecule has 98 valence electrons. The van der Waals surface area contributed by atoms with Gasteiger partial charge in [0.1, 0.15) is 0 Å². The van der Waals surface area contributed by atoms with Crippen LogP contribution in [-0.4, -0.2) is 53.1 Å². The number of rotatable bonds is 5. The monoisotopic (exact) mass is 266 g/mol. The second kappa shape index (κ2) is 47.0. The van der Waals surface area contributed by atoms with Crippen molar-refractivity contribution in [1.29, 1.82) is 0 Å². The Morgan fingerprint density at radius 1 is 0.800 bits per heavy atom. The minimum absolute atomic E-state index is 0. The van der Waals surface area contributed by atoms with E-state index in [4.69, 9.17) is 14.9 Å². The average molecular weight is 266 g/mol. The molecule has 0 aromatic rings. The molecule has 0 radical (unpaired) electrons. The molecule has 0 saturated carbocycles. The Labute approximate surface area is 106 Å². The third-order valence-electron chi connectivity index (χ3n) is 0.974. The van der Waals surface area contributed by atoms with Crippen LogP contribution in [0.15, 0.2) is 0 Å². The van der Waals surface area contributed by atoms with Crippen molar-refractivity contribution >= 4 is 0 Å². The van der Waals surface area contributed by atoms with E-state index < -0.39 is 0 Å². The van der Waals surface area contributed by atoms with E-state index in [0.29, 0.717) is 0 Å². The second-order valence-corrected chi connectivity index (χ2v) is 1.94. The molecule has 0 unspecified atom stereocenters. The fourth-order valence-corrected chi connectivity index (χ4v) is 0.428. The molecule has 0 saturated heterocycles. The molecule has 0 aliphatic carbocycles. The van der Waals surface area contributed by atoms with Gasteiger partial charge in [0.05, 0.1) is 0 Å². The van der Waals surface area contributed by atoms with E-state index in [-0.39, 0.29) is 51.4 Å². The van der Waals surface area contributed by atoms with Gasteiger partial charge < -0.3 is 31.4 Å². The van der Waals surface area contributed by atoms with Crippen LogP contribution in [-0.2, 0) is 26.5 Å². The summed E-state index contributed by atoms with van der Waals surface area (Å²) in [6.07, 6.45) is 1.44. The molecule has 0 aromatic carbocycles. The van der Waals surface area contributed by atoms with Crippen molar-refractivity contribution < 1.29 is 53.1 Å². The SMILES string of the molecule is CCOCC.O.O.O.OCCCCO.[Ti]. The van der Waals surface area contributed by atoms with Crippen molar-refractivity contribution in [3.05, 3.63) is 0 Å². The van der Waals surface area contributed by atoms with Gasteiger partial charge >= 0.3 is 0 Å². The van der Waals surface area contributed by atoms with Crippen molar-refractivity contribution in [2.75, 3.05) is 26.4 Å². The predicted molar refractivity (Wildman–Crippen MR) is 56.4 cm³/mol. The molecule has 6 nitrogen and oxygen atoms in total. The number of hydrogen-bond donors (Lipinski definition) is 2. The normalized spacial score (nSPS) is 6.40. The fraction of sp³-hybridized carbons (Fsp3) is 1.00. The first-order chi connectivity index (χ1) is 5.33. The predicted octanol–water partition coefficient (Wildman–Crippen LogP) is -1.68. The van der Waals surface area contributed by atoms with E-state index in [1.54, 1.807) is 0 Å². The Bertz CT molecular complexity index is 52.4. The third kappa shape index (κ3) is 75.2. The number of unbranched alkanes of at least 4 members (excludes halogenated alkanes) is 1. The van der Waals surface area contributed by atoms with E-state index in [1.165, 1.54) is 0 Å². The molecule has 0 heterocycles. The Balaban J connectivity index is -0.0000000215. The zero-order chi connectivity index (χ0) is 8.95. The van der Waals surface area contributed by atoms with Crippen LogP contribution in [0, 0.1) is 0 Å². The van der Waals surface area contributed by atoms with Gasteiger partial charge in [0, 0.05) is 48.1 Å². The zero-order valence-electron chi connectivity index (χ0n) is 9.55. The molecule has 7 heteroatoms. The quantitative estimate of drug-likeness (QED) is 0.452. The van der Waals surface area contributed by atoms with Crippen LogP contribution in [0.25, 0.3) is 0 Å². The van der Waals surface area contributed by atoms with Gasteiger partial charge in [-0.25, -0.2) is 0 Å². The van der Waals surface area contributed by atoms with E-state index in [2.05, 4.69) is 0 Å². The van der Waals surface area contributed by atoms with Gasteiger partial charge in [-0.3, -0.25) is 0 Å². The number of hydrogen-bond acceptors (Lipinski definition) is 3. The molecule has 0 aromatic heterocycles. The minimum Gasteiger partial charge on any atom is -0.412 e. The summed E-state index contributed by atoms with van der Waals surface area (Å²) in [6.45, 7) is 6.06. The van der Waals surface area contributed by atoms with Gasteiger partial charge in [-0.05, 0) is 26.7 Å². The van der Waals surface area contributed by atoms with Crippen LogP contribution in [0.1, 0.15) is 26.7 Å². The molecular weight excluding hydrogens is 240 g/mol. The van der Waals surface area contributed by atoms with Gasteiger partial charge in [-0.15, -0.1) is 0 Å². The number of aliphatic hydroxyl groups is 2. The summed E-state index contributed by atoms with van der Waals surface area (Å²) in [6, 6.07) is 0. The molecular formula is C8H26O6Ti. The van der Waals surface area contributed by atoms with Crippen molar-refractivity contribution in [2.24, 2.45) is 0 Å². The fourth-order valence-electron chi connectivity index (χ4n) is 0.428. The molecule has 0 amide bonds. The molecule has 0 spiro atoms. The molecule has 0 bridgehead atoms. The van der Waals surface area contributed by atoms with E-state index in [9.17, 15) is 0 Å². The van der Waals surface area contributed by atoms with Crippen molar-refractivity contribution in [3.63, 3.8) is 0 Å². The Morgan fingerprint density at radius 3 is 1.13 bits per heavy atom. The minimum atomic E-state index is 0. The number of ether oxygens (including phenoxy) is 1. The summed E-state index contributed by atoms with van der Waals surface area (Å²) in [7, 11) is 0. The maximum atomic E-state index is 8.09. The van der Waals surface area contributed by atoms with Crippen molar-refractivity contribution in [3.8, 4) is 0 Å². The third-order valence-corrected chi connectivity index (χ3v) is 0.974. The summed E-state index contributed by atoms with van der Waals surface area (Å²) in [5, 5.41) is 16.2. The van der Waals surface area contributed by atoms with Crippen LogP contribution in [0.4, 0.5) is 0 Å². The summed E-state index contributed by atoms with van der Waals surface area (Å²) >= 11 is 0. The average Bonchev–Trinajstić information content (AvgIpc) is 2.04. The largest absolute Gasteiger partial charge is 0.412 e. The standard InChI is InChI=1S/C4H10O2.C4H10O.3H2O.Ti/c5-3-1-2-4-6;1-3-5-4-2;;;;/h5-6H,1-4H2;3-4H2,1-2H3;3*1H2;. The second-order valence-electron chi connectivity index (χ2n) is 1.94. The first kappa shape index (κ1) is 36.1.